The van der Waals surface area contributed by atoms with Gasteiger partial charge in [0, 0.05) is 6.20 Å². The number of unbranched alkanes of at least 4 members (excludes halogenated alkanes) is 1. The molecule has 0 aliphatic carbocycles. The summed E-state index contributed by atoms with van der Waals surface area (Å²) in [6.45, 7) is 0.231. The van der Waals surface area contributed by atoms with Crippen LogP contribution in [0.5, 0.6) is 0 Å². The van der Waals surface area contributed by atoms with E-state index in [-0.39, 0.29) is 6.61 Å². The van der Waals surface area contributed by atoms with Crippen molar-refractivity contribution in [3.05, 3.63) is 29.6 Å². The Morgan fingerprint density at radius 1 is 1.41 bits per heavy atom. The molecule has 0 atom stereocenters. The molecule has 1 aromatic rings. The third kappa shape index (κ3) is 6.05. The molecule has 0 spiro atoms. The molecular weight excluding hydrogens is 238 g/mol. The summed E-state index contributed by atoms with van der Waals surface area (Å²) < 4.78 is 26.0. The summed E-state index contributed by atoms with van der Waals surface area (Å²) in [5.41, 5.74) is 1.71. The Balaban J connectivity index is 2.25. The largest absolute Gasteiger partial charge is 0.270 e. The normalized spacial score (nSPS) is 11.1. The predicted molar refractivity (Wildman–Crippen MR) is 65.9 cm³/mol. The molecule has 0 fully saturated rings. The second-order valence-electron chi connectivity index (χ2n) is 3.68. The second kappa shape index (κ2) is 6.38. The van der Waals surface area contributed by atoms with Gasteiger partial charge in [0.15, 0.2) is 0 Å². The van der Waals surface area contributed by atoms with Crippen molar-refractivity contribution in [3.8, 4) is 12.3 Å². The second-order valence-corrected chi connectivity index (χ2v) is 5.32. The molecule has 1 aromatic heterocycles. The van der Waals surface area contributed by atoms with Gasteiger partial charge in [-0.3, -0.25) is 4.18 Å². The summed E-state index contributed by atoms with van der Waals surface area (Å²) in [5.74, 6) is 2.45. The van der Waals surface area contributed by atoms with E-state index in [1.807, 2.05) is 6.07 Å². The van der Waals surface area contributed by atoms with Crippen molar-refractivity contribution >= 4 is 10.1 Å². The van der Waals surface area contributed by atoms with E-state index in [4.69, 9.17) is 6.42 Å². The molecule has 0 bridgehead atoms. The van der Waals surface area contributed by atoms with Crippen LogP contribution in [0.15, 0.2) is 18.3 Å². The zero-order valence-corrected chi connectivity index (χ0v) is 10.5. The third-order valence-corrected chi connectivity index (χ3v) is 2.72. The number of aromatic nitrogens is 1. The number of hydrogen-bond acceptors (Lipinski definition) is 4. The maximum Gasteiger partial charge on any atom is 0.264 e. The van der Waals surface area contributed by atoms with Crippen LogP contribution in [0.4, 0.5) is 0 Å². The highest BCUT2D eigenvalue weighted by atomic mass is 32.2. The van der Waals surface area contributed by atoms with Crippen LogP contribution in [-0.2, 0) is 20.7 Å². The molecule has 0 radical (unpaired) electrons. The Morgan fingerprint density at radius 3 is 2.71 bits per heavy atom. The van der Waals surface area contributed by atoms with Gasteiger partial charge in [0.25, 0.3) is 10.1 Å². The fourth-order valence-electron chi connectivity index (χ4n) is 1.30. The monoisotopic (exact) mass is 253 g/mol. The van der Waals surface area contributed by atoms with Crippen LogP contribution in [0, 0.1) is 12.3 Å². The van der Waals surface area contributed by atoms with Crippen LogP contribution < -0.4 is 0 Å². The number of rotatable bonds is 6. The molecule has 0 aliphatic heterocycles. The quantitative estimate of drug-likeness (QED) is 0.436. The summed E-state index contributed by atoms with van der Waals surface area (Å²) in [6, 6.07) is 3.72. The van der Waals surface area contributed by atoms with E-state index >= 15 is 0 Å². The highest BCUT2D eigenvalue weighted by Gasteiger charge is 2.01. The van der Waals surface area contributed by atoms with E-state index < -0.39 is 10.1 Å². The average molecular weight is 253 g/mol. The van der Waals surface area contributed by atoms with E-state index in [2.05, 4.69) is 15.1 Å². The first-order valence-corrected chi connectivity index (χ1v) is 7.09. The molecule has 1 rings (SSSR count). The topological polar surface area (TPSA) is 56.3 Å². The van der Waals surface area contributed by atoms with Crippen LogP contribution in [0.2, 0.25) is 0 Å². The van der Waals surface area contributed by atoms with Crippen molar-refractivity contribution < 1.29 is 12.6 Å². The summed E-state index contributed by atoms with van der Waals surface area (Å²) in [6.07, 6.45) is 10.4. The van der Waals surface area contributed by atoms with E-state index in [1.54, 1.807) is 12.3 Å². The standard InChI is InChI=1S/C12H15NO3S/c1-3-12-8-7-11(10-13-12)6-4-5-9-16-17(2,14)15/h1,7-8,10H,4-6,9H2,2H3. The molecule has 5 heteroatoms. The molecule has 17 heavy (non-hydrogen) atoms. The lowest BCUT2D eigenvalue weighted by Gasteiger charge is -2.02. The molecule has 0 aromatic carbocycles. The summed E-state index contributed by atoms with van der Waals surface area (Å²) in [5, 5.41) is 0. The predicted octanol–water partition coefficient (Wildman–Crippen LogP) is 1.36. The maximum atomic E-state index is 10.7. The zero-order chi connectivity index (χ0) is 12.7. The van der Waals surface area contributed by atoms with Crippen LogP contribution in [-0.4, -0.2) is 26.3 Å². The van der Waals surface area contributed by atoms with Gasteiger partial charge in [0.05, 0.1) is 12.9 Å². The van der Waals surface area contributed by atoms with E-state index in [0.29, 0.717) is 12.1 Å². The summed E-state index contributed by atoms with van der Waals surface area (Å²) in [7, 11) is -3.31. The van der Waals surface area contributed by atoms with Gasteiger partial charge in [0.1, 0.15) is 5.69 Å². The Hall–Kier alpha value is -1.38. The molecule has 0 saturated heterocycles. The van der Waals surface area contributed by atoms with Crippen molar-refractivity contribution in [2.75, 3.05) is 12.9 Å². The minimum Gasteiger partial charge on any atom is -0.270 e. The van der Waals surface area contributed by atoms with Crippen LogP contribution in [0.25, 0.3) is 0 Å². The summed E-state index contributed by atoms with van der Waals surface area (Å²) >= 11 is 0. The van der Waals surface area contributed by atoms with Gasteiger partial charge in [-0.25, -0.2) is 4.98 Å². The number of aryl methyl sites for hydroxylation is 1. The van der Waals surface area contributed by atoms with Gasteiger partial charge in [-0.2, -0.15) is 8.42 Å². The molecule has 4 nitrogen and oxygen atoms in total. The van der Waals surface area contributed by atoms with Gasteiger partial charge < -0.3 is 0 Å². The average Bonchev–Trinajstić information content (AvgIpc) is 2.28. The van der Waals surface area contributed by atoms with Gasteiger partial charge in [0.2, 0.25) is 0 Å². The number of hydrogen-bond donors (Lipinski definition) is 0. The Bertz CT molecular complexity index is 485. The number of terminal acetylenes is 1. The van der Waals surface area contributed by atoms with E-state index in [9.17, 15) is 8.42 Å². The first-order chi connectivity index (χ1) is 8.01. The first-order valence-electron chi connectivity index (χ1n) is 5.27. The minimum absolute atomic E-state index is 0.231. The zero-order valence-electron chi connectivity index (χ0n) is 9.72. The van der Waals surface area contributed by atoms with Crippen LogP contribution in [0.3, 0.4) is 0 Å². The molecule has 1 heterocycles. The fourth-order valence-corrected chi connectivity index (χ4v) is 1.72. The first kappa shape index (κ1) is 13.7. The highest BCUT2D eigenvalue weighted by molar-refractivity contribution is 7.85. The summed E-state index contributed by atoms with van der Waals surface area (Å²) in [4.78, 5) is 4.07. The lowest BCUT2D eigenvalue weighted by Crippen LogP contribution is -2.04. The number of nitrogens with zero attached hydrogens (tertiary/aromatic N) is 1. The fraction of sp³-hybridized carbons (Fsp3) is 0.417. The molecule has 0 aliphatic rings. The Kier molecular flexibility index (Phi) is 5.13. The van der Waals surface area contributed by atoms with Gasteiger partial charge in [-0.15, -0.1) is 6.42 Å². The maximum absolute atomic E-state index is 10.7. The van der Waals surface area contributed by atoms with Crippen molar-refractivity contribution in [2.45, 2.75) is 19.3 Å². The van der Waals surface area contributed by atoms with Gasteiger partial charge in [-0.05, 0) is 30.9 Å². The molecular formula is C12H15NO3S. The third-order valence-electron chi connectivity index (χ3n) is 2.13. The Labute approximate surface area is 102 Å². The molecule has 92 valence electrons. The molecule has 0 saturated carbocycles. The molecule has 0 N–H and O–H groups in total. The minimum atomic E-state index is -3.31. The smallest absolute Gasteiger partial charge is 0.264 e. The number of pyridine rings is 1. The molecule has 0 unspecified atom stereocenters. The van der Waals surface area contributed by atoms with Gasteiger partial charge >= 0.3 is 0 Å². The molecule has 0 amide bonds. The van der Waals surface area contributed by atoms with Crippen molar-refractivity contribution in [3.63, 3.8) is 0 Å². The van der Waals surface area contributed by atoms with E-state index in [1.165, 1.54) is 0 Å². The van der Waals surface area contributed by atoms with E-state index in [0.717, 1.165) is 24.7 Å². The Morgan fingerprint density at radius 2 is 2.18 bits per heavy atom. The van der Waals surface area contributed by atoms with Crippen molar-refractivity contribution in [2.24, 2.45) is 0 Å². The van der Waals surface area contributed by atoms with Crippen molar-refractivity contribution in [1.82, 2.24) is 4.98 Å². The van der Waals surface area contributed by atoms with Gasteiger partial charge in [-0.1, -0.05) is 12.0 Å². The lowest BCUT2D eigenvalue weighted by molar-refractivity contribution is 0.312. The van der Waals surface area contributed by atoms with Crippen molar-refractivity contribution in [1.29, 1.82) is 0 Å². The van der Waals surface area contributed by atoms with Crippen LogP contribution >= 0.6 is 0 Å². The lowest BCUT2D eigenvalue weighted by atomic mass is 10.1. The highest BCUT2D eigenvalue weighted by Crippen LogP contribution is 2.05. The SMILES string of the molecule is C#Cc1ccc(CCCCOS(C)(=O)=O)cn1. The van der Waals surface area contributed by atoms with Crippen LogP contribution in [0.1, 0.15) is 24.1 Å².